The topological polar surface area (TPSA) is 0 Å². The molecular formula is C14H26B. The largest absolute Gasteiger partial charge is 0.125 e. The van der Waals surface area contributed by atoms with Crippen LogP contribution in [0.15, 0.2) is 0 Å². The summed E-state index contributed by atoms with van der Waals surface area (Å²) in [5.74, 6) is 0.840. The molecule has 0 aromatic rings. The van der Waals surface area contributed by atoms with Crippen molar-refractivity contribution in [3.8, 4) is 0 Å². The first kappa shape index (κ1) is 11.5. The molecule has 0 aliphatic heterocycles. The fourth-order valence-corrected chi connectivity index (χ4v) is 4.19. The molecule has 2 fully saturated rings. The average molecular weight is 205 g/mol. The van der Waals surface area contributed by atoms with Gasteiger partial charge in [-0.05, 0) is 29.6 Å². The zero-order valence-electron chi connectivity index (χ0n) is 11.6. The van der Waals surface area contributed by atoms with E-state index in [2.05, 4.69) is 55.7 Å². The van der Waals surface area contributed by atoms with Crippen LogP contribution >= 0.6 is 0 Å². The highest BCUT2D eigenvalue weighted by atomic mass is 14.8. The summed E-state index contributed by atoms with van der Waals surface area (Å²) in [4.78, 5) is 0. The lowest BCUT2D eigenvalue weighted by molar-refractivity contribution is 0.341. The van der Waals surface area contributed by atoms with Gasteiger partial charge in [-0.2, -0.15) is 0 Å². The first-order valence-electron chi connectivity index (χ1n) is 6.43. The highest BCUT2D eigenvalue weighted by molar-refractivity contribution is 6.46. The van der Waals surface area contributed by atoms with Gasteiger partial charge in [0.25, 0.3) is 0 Å². The predicted octanol–water partition coefficient (Wildman–Crippen LogP) is 4.54. The second-order valence-corrected chi connectivity index (χ2v) is 7.94. The molecule has 3 atom stereocenters. The molecule has 1 spiro atoms. The summed E-state index contributed by atoms with van der Waals surface area (Å²) < 4.78 is 0. The molecule has 0 amide bonds. The Balaban J connectivity index is 2.08. The molecule has 0 heterocycles. The normalized spacial score (nSPS) is 48.5. The van der Waals surface area contributed by atoms with Crippen molar-refractivity contribution >= 4 is 7.28 Å². The summed E-state index contributed by atoms with van der Waals surface area (Å²) in [7, 11) is 2.62. The number of hydrogen-bond acceptors (Lipinski definition) is 0. The monoisotopic (exact) mass is 205 g/mol. The summed E-state index contributed by atoms with van der Waals surface area (Å²) in [5.41, 5.74) is 1.31. The van der Waals surface area contributed by atoms with Gasteiger partial charge in [0, 0.05) is 0 Å². The second-order valence-electron chi connectivity index (χ2n) is 7.94. The van der Waals surface area contributed by atoms with Crippen molar-refractivity contribution in [2.45, 2.75) is 71.9 Å². The maximum atomic E-state index is 2.62. The maximum Gasteiger partial charge on any atom is 0.125 e. The van der Waals surface area contributed by atoms with E-state index in [9.17, 15) is 0 Å². The lowest BCUT2D eigenvalue weighted by atomic mass is 9.45. The van der Waals surface area contributed by atoms with Gasteiger partial charge in [-0.1, -0.05) is 59.1 Å². The van der Waals surface area contributed by atoms with Crippen LogP contribution in [0, 0.1) is 16.7 Å². The fourth-order valence-electron chi connectivity index (χ4n) is 4.19. The summed E-state index contributed by atoms with van der Waals surface area (Å²) in [6.07, 6.45) is 2.90. The van der Waals surface area contributed by atoms with Crippen LogP contribution in [0.2, 0.25) is 10.6 Å². The van der Waals surface area contributed by atoms with E-state index < -0.39 is 0 Å². The Labute approximate surface area is 96.5 Å². The smallest absolute Gasteiger partial charge is 0.0674 e. The third-order valence-electron chi connectivity index (χ3n) is 5.30. The molecule has 1 radical (unpaired) electrons. The van der Waals surface area contributed by atoms with E-state index in [4.69, 9.17) is 0 Å². The number of rotatable bonds is 2. The Morgan fingerprint density at radius 3 is 1.93 bits per heavy atom. The lowest BCUT2D eigenvalue weighted by Gasteiger charge is -2.24. The van der Waals surface area contributed by atoms with Crippen LogP contribution in [0.1, 0.15) is 61.3 Å². The van der Waals surface area contributed by atoms with Crippen molar-refractivity contribution in [1.82, 2.24) is 0 Å². The molecule has 2 aliphatic rings. The summed E-state index contributed by atoms with van der Waals surface area (Å²) >= 11 is 0. The van der Waals surface area contributed by atoms with E-state index in [-0.39, 0.29) is 0 Å². The first-order valence-corrected chi connectivity index (χ1v) is 6.43. The van der Waals surface area contributed by atoms with Crippen molar-refractivity contribution in [3.05, 3.63) is 0 Å². The standard InChI is InChI=1S/C14H26B/c1-10(2)12(6)8-14(12)9-13(14,7)15-11(3,4)5/h10H,8-9H2,1-7H3. The van der Waals surface area contributed by atoms with Crippen LogP contribution in [0.4, 0.5) is 0 Å². The zero-order chi connectivity index (χ0) is 11.7. The van der Waals surface area contributed by atoms with Gasteiger partial charge in [0.2, 0.25) is 0 Å². The van der Waals surface area contributed by atoms with Gasteiger partial charge in [0.15, 0.2) is 0 Å². The second kappa shape index (κ2) is 2.66. The van der Waals surface area contributed by atoms with Gasteiger partial charge < -0.3 is 0 Å². The lowest BCUT2D eigenvalue weighted by Crippen LogP contribution is -2.18. The highest BCUT2D eigenvalue weighted by Gasteiger charge is 2.82. The van der Waals surface area contributed by atoms with E-state index in [0.717, 1.165) is 5.92 Å². The SMILES string of the molecule is CC(C)C1(C)CC12CC2(C)[B]C(C)(C)C. The number of hydrogen-bond donors (Lipinski definition) is 0. The summed E-state index contributed by atoms with van der Waals surface area (Å²) in [5, 5.41) is 0.906. The third kappa shape index (κ3) is 1.41. The fraction of sp³-hybridized carbons (Fsp3) is 1.00. The molecule has 0 nitrogen and oxygen atoms in total. The van der Waals surface area contributed by atoms with Crippen molar-refractivity contribution in [2.75, 3.05) is 0 Å². The molecule has 0 N–H and O–H groups in total. The Morgan fingerprint density at radius 1 is 1.07 bits per heavy atom. The summed E-state index contributed by atoms with van der Waals surface area (Å²) in [6, 6.07) is 0. The van der Waals surface area contributed by atoms with Crippen molar-refractivity contribution < 1.29 is 0 Å². The molecule has 2 saturated carbocycles. The average Bonchev–Trinajstić information content (AvgIpc) is 2.70. The van der Waals surface area contributed by atoms with Crippen molar-refractivity contribution in [1.29, 1.82) is 0 Å². The Morgan fingerprint density at radius 2 is 1.60 bits per heavy atom. The quantitative estimate of drug-likeness (QED) is 0.580. The van der Waals surface area contributed by atoms with Crippen LogP contribution in [0.25, 0.3) is 0 Å². The van der Waals surface area contributed by atoms with E-state index in [0.29, 0.717) is 21.5 Å². The van der Waals surface area contributed by atoms with Gasteiger partial charge >= 0.3 is 0 Å². The molecular weight excluding hydrogens is 179 g/mol. The van der Waals surface area contributed by atoms with Crippen LogP contribution < -0.4 is 0 Å². The highest BCUT2D eigenvalue weighted by Crippen LogP contribution is 2.93. The molecule has 2 rings (SSSR count). The van der Waals surface area contributed by atoms with E-state index in [1.54, 1.807) is 0 Å². The Bertz CT molecular complexity index is 288. The van der Waals surface area contributed by atoms with E-state index in [1.165, 1.54) is 12.8 Å². The van der Waals surface area contributed by atoms with E-state index >= 15 is 0 Å². The minimum atomic E-state index is 0.374. The van der Waals surface area contributed by atoms with Crippen molar-refractivity contribution in [2.24, 2.45) is 16.7 Å². The van der Waals surface area contributed by atoms with E-state index in [1.807, 2.05) is 0 Å². The van der Waals surface area contributed by atoms with Gasteiger partial charge in [-0.3, -0.25) is 0 Å². The van der Waals surface area contributed by atoms with Gasteiger partial charge in [-0.25, -0.2) is 0 Å². The van der Waals surface area contributed by atoms with Gasteiger partial charge in [0.1, 0.15) is 7.28 Å². The molecule has 0 aromatic carbocycles. The Hall–Kier alpha value is 0.0649. The van der Waals surface area contributed by atoms with Crippen LogP contribution in [-0.2, 0) is 0 Å². The molecule has 85 valence electrons. The Kier molecular flexibility index (Phi) is 2.04. The van der Waals surface area contributed by atoms with Crippen LogP contribution in [-0.4, -0.2) is 7.28 Å². The van der Waals surface area contributed by atoms with Crippen LogP contribution in [0.3, 0.4) is 0 Å². The van der Waals surface area contributed by atoms with Gasteiger partial charge in [0.05, 0.1) is 0 Å². The molecule has 0 bridgehead atoms. The molecule has 0 aromatic heterocycles. The predicted molar refractivity (Wildman–Crippen MR) is 68.4 cm³/mol. The zero-order valence-corrected chi connectivity index (χ0v) is 11.6. The molecule has 2 aliphatic carbocycles. The molecule has 3 unspecified atom stereocenters. The van der Waals surface area contributed by atoms with Crippen LogP contribution in [0.5, 0.6) is 0 Å². The molecule has 0 saturated heterocycles. The van der Waals surface area contributed by atoms with Gasteiger partial charge in [-0.15, -0.1) is 0 Å². The molecule has 15 heavy (non-hydrogen) atoms. The first-order chi connectivity index (χ1) is 6.56. The summed E-state index contributed by atoms with van der Waals surface area (Å²) in [6.45, 7) is 16.8. The maximum absolute atomic E-state index is 2.62. The van der Waals surface area contributed by atoms with Crippen molar-refractivity contribution in [3.63, 3.8) is 0 Å². The minimum absolute atomic E-state index is 0.374. The third-order valence-corrected chi connectivity index (χ3v) is 5.30. The minimum Gasteiger partial charge on any atom is -0.0674 e. The molecule has 1 heteroatoms.